The molecule has 1 aromatic rings. The summed E-state index contributed by atoms with van der Waals surface area (Å²) in [5.74, 6) is 0. The number of rotatable bonds is 2. The number of nitrogen functional groups attached to an aromatic ring is 1. The highest BCUT2D eigenvalue weighted by atomic mass is 35.5. The number of nitrogens with zero attached hydrogens (tertiary/aromatic N) is 1. The third-order valence-corrected chi connectivity index (χ3v) is 5.28. The van der Waals surface area contributed by atoms with E-state index in [4.69, 9.17) is 17.3 Å². The summed E-state index contributed by atoms with van der Waals surface area (Å²) in [7, 11) is -3.66. The molecule has 2 rings (SSSR count). The number of benzene rings is 1. The molecule has 0 spiro atoms. The number of anilines is 1. The Morgan fingerprint density at radius 3 is 2.78 bits per heavy atom. The zero-order valence-electron chi connectivity index (χ0n) is 9.71. The molecule has 18 heavy (non-hydrogen) atoms. The van der Waals surface area contributed by atoms with Gasteiger partial charge in [0.15, 0.2) is 0 Å². The van der Waals surface area contributed by atoms with Crippen LogP contribution in [0.4, 0.5) is 5.69 Å². The monoisotopic (exact) mass is 290 g/mol. The van der Waals surface area contributed by atoms with Gasteiger partial charge in [-0.3, -0.25) is 0 Å². The molecular weight excluding hydrogens is 276 g/mol. The van der Waals surface area contributed by atoms with Gasteiger partial charge in [0.05, 0.1) is 11.1 Å². The van der Waals surface area contributed by atoms with Gasteiger partial charge in [0.2, 0.25) is 10.0 Å². The molecule has 0 amide bonds. The van der Waals surface area contributed by atoms with Gasteiger partial charge >= 0.3 is 0 Å². The van der Waals surface area contributed by atoms with Crippen LogP contribution in [0.1, 0.15) is 12.8 Å². The zero-order valence-corrected chi connectivity index (χ0v) is 11.3. The summed E-state index contributed by atoms with van der Waals surface area (Å²) in [5.41, 5.74) is 5.95. The Morgan fingerprint density at radius 2 is 2.17 bits per heavy atom. The van der Waals surface area contributed by atoms with Crippen LogP contribution in [-0.4, -0.2) is 37.0 Å². The molecule has 1 fully saturated rings. The number of halogens is 1. The topological polar surface area (TPSA) is 83.6 Å². The normalized spacial score (nSPS) is 22.0. The molecule has 0 bridgehead atoms. The quantitative estimate of drug-likeness (QED) is 0.798. The first-order valence-corrected chi connectivity index (χ1v) is 7.46. The van der Waals surface area contributed by atoms with Gasteiger partial charge < -0.3 is 10.8 Å². The third-order valence-electron chi connectivity index (χ3n) is 2.93. The van der Waals surface area contributed by atoms with Crippen molar-refractivity contribution >= 4 is 27.3 Å². The van der Waals surface area contributed by atoms with Crippen LogP contribution in [0.25, 0.3) is 0 Å². The minimum absolute atomic E-state index is 0.0347. The van der Waals surface area contributed by atoms with E-state index in [1.165, 1.54) is 22.5 Å². The lowest BCUT2D eigenvalue weighted by Gasteiger charge is -2.29. The smallest absolute Gasteiger partial charge is 0.244 e. The van der Waals surface area contributed by atoms with Crippen molar-refractivity contribution in [2.45, 2.75) is 23.8 Å². The van der Waals surface area contributed by atoms with Crippen molar-refractivity contribution in [1.82, 2.24) is 4.31 Å². The van der Waals surface area contributed by atoms with Crippen LogP contribution in [-0.2, 0) is 10.0 Å². The number of hydrogen-bond donors (Lipinski definition) is 2. The van der Waals surface area contributed by atoms with Gasteiger partial charge in [0.1, 0.15) is 4.90 Å². The van der Waals surface area contributed by atoms with E-state index in [0.717, 1.165) is 0 Å². The summed E-state index contributed by atoms with van der Waals surface area (Å²) in [4.78, 5) is 0.0347. The molecule has 0 aliphatic carbocycles. The van der Waals surface area contributed by atoms with Crippen molar-refractivity contribution < 1.29 is 13.5 Å². The highest BCUT2D eigenvalue weighted by molar-refractivity contribution is 7.89. The van der Waals surface area contributed by atoms with Crippen molar-refractivity contribution in [3.63, 3.8) is 0 Å². The summed E-state index contributed by atoms with van der Waals surface area (Å²) in [6, 6.07) is 4.31. The van der Waals surface area contributed by atoms with Crippen LogP contribution in [0.2, 0.25) is 5.02 Å². The molecule has 1 atom stereocenters. The SMILES string of the molecule is Nc1ccc(S(=O)(=O)N2CCC[C@H](O)C2)c(Cl)c1. The van der Waals surface area contributed by atoms with E-state index in [1.54, 1.807) is 0 Å². The fraction of sp³-hybridized carbons (Fsp3) is 0.455. The van der Waals surface area contributed by atoms with Crippen molar-refractivity contribution in [3.05, 3.63) is 23.2 Å². The number of hydrogen-bond acceptors (Lipinski definition) is 4. The fourth-order valence-electron chi connectivity index (χ4n) is 2.00. The molecule has 3 N–H and O–H groups in total. The number of β-amino-alcohol motifs (C(OH)–C–C–N with tert-alkyl or cyclic N) is 1. The largest absolute Gasteiger partial charge is 0.399 e. The van der Waals surface area contributed by atoms with E-state index in [-0.39, 0.29) is 16.5 Å². The molecule has 1 aliphatic rings. The molecule has 5 nitrogen and oxygen atoms in total. The standard InChI is InChI=1S/C11H15ClN2O3S/c12-10-6-8(13)3-4-11(10)18(16,17)14-5-1-2-9(15)7-14/h3-4,6,9,15H,1-2,5,7,13H2/t9-/m0/s1. The fourth-order valence-corrected chi connectivity index (χ4v) is 4.05. The summed E-state index contributed by atoms with van der Waals surface area (Å²) >= 11 is 5.92. The highest BCUT2D eigenvalue weighted by Crippen LogP contribution is 2.28. The Labute approximate surface area is 111 Å². The van der Waals surface area contributed by atoms with Crippen molar-refractivity contribution in [2.75, 3.05) is 18.8 Å². The average Bonchev–Trinajstić information content (AvgIpc) is 2.28. The van der Waals surface area contributed by atoms with Gasteiger partial charge in [0.25, 0.3) is 0 Å². The lowest BCUT2D eigenvalue weighted by molar-refractivity contribution is 0.108. The minimum atomic E-state index is -3.66. The Bertz CT molecular complexity index is 547. The molecule has 1 heterocycles. The van der Waals surface area contributed by atoms with Crippen LogP contribution in [0.15, 0.2) is 23.1 Å². The molecule has 0 unspecified atom stereocenters. The lowest BCUT2D eigenvalue weighted by Crippen LogP contribution is -2.42. The van der Waals surface area contributed by atoms with E-state index in [0.29, 0.717) is 25.1 Å². The molecule has 1 saturated heterocycles. The second-order valence-corrected chi connectivity index (χ2v) is 6.66. The van der Waals surface area contributed by atoms with E-state index in [2.05, 4.69) is 0 Å². The van der Waals surface area contributed by atoms with E-state index >= 15 is 0 Å². The Kier molecular flexibility index (Phi) is 3.82. The predicted molar refractivity (Wildman–Crippen MR) is 69.9 cm³/mol. The van der Waals surface area contributed by atoms with Gasteiger partial charge in [-0.05, 0) is 31.0 Å². The number of nitrogens with two attached hydrogens (primary N) is 1. The Hall–Kier alpha value is -0.820. The molecule has 1 aromatic carbocycles. The Balaban J connectivity index is 2.35. The van der Waals surface area contributed by atoms with Gasteiger partial charge in [0, 0.05) is 18.8 Å². The maximum Gasteiger partial charge on any atom is 0.244 e. The summed E-state index contributed by atoms with van der Waals surface area (Å²) in [6.45, 7) is 0.517. The van der Waals surface area contributed by atoms with E-state index in [1.807, 2.05) is 0 Å². The maximum atomic E-state index is 12.4. The van der Waals surface area contributed by atoms with Crippen LogP contribution < -0.4 is 5.73 Å². The highest BCUT2D eigenvalue weighted by Gasteiger charge is 2.30. The number of piperidine rings is 1. The number of aliphatic hydroxyl groups is 1. The summed E-state index contributed by atoms with van der Waals surface area (Å²) in [6.07, 6.45) is 0.662. The zero-order chi connectivity index (χ0) is 13.3. The average molecular weight is 291 g/mol. The van der Waals surface area contributed by atoms with Gasteiger partial charge in [-0.1, -0.05) is 11.6 Å². The second kappa shape index (κ2) is 5.05. The van der Waals surface area contributed by atoms with Gasteiger partial charge in [-0.25, -0.2) is 8.42 Å². The molecular formula is C11H15ClN2O3S. The third kappa shape index (κ3) is 2.61. The number of aliphatic hydroxyl groups excluding tert-OH is 1. The molecule has 0 aromatic heterocycles. The first-order chi connectivity index (χ1) is 8.41. The molecule has 0 saturated carbocycles. The van der Waals surface area contributed by atoms with Gasteiger partial charge in [-0.15, -0.1) is 0 Å². The summed E-state index contributed by atoms with van der Waals surface area (Å²) < 4.78 is 26.0. The molecule has 1 aliphatic heterocycles. The molecule has 7 heteroatoms. The van der Waals surface area contributed by atoms with Crippen LogP contribution in [0, 0.1) is 0 Å². The first kappa shape index (κ1) is 13.6. The van der Waals surface area contributed by atoms with Crippen molar-refractivity contribution in [1.29, 1.82) is 0 Å². The van der Waals surface area contributed by atoms with Crippen LogP contribution in [0.3, 0.4) is 0 Å². The van der Waals surface area contributed by atoms with Crippen LogP contribution in [0.5, 0.6) is 0 Å². The van der Waals surface area contributed by atoms with Crippen molar-refractivity contribution in [3.8, 4) is 0 Å². The minimum Gasteiger partial charge on any atom is -0.399 e. The lowest BCUT2D eigenvalue weighted by atomic mass is 10.1. The number of sulfonamides is 1. The summed E-state index contributed by atoms with van der Waals surface area (Å²) in [5, 5.41) is 9.65. The second-order valence-electron chi connectivity index (χ2n) is 4.35. The maximum absolute atomic E-state index is 12.4. The molecule has 100 valence electrons. The van der Waals surface area contributed by atoms with E-state index < -0.39 is 16.1 Å². The van der Waals surface area contributed by atoms with Gasteiger partial charge in [-0.2, -0.15) is 4.31 Å². The molecule has 0 radical (unpaired) electrons. The van der Waals surface area contributed by atoms with Crippen molar-refractivity contribution in [2.24, 2.45) is 0 Å². The first-order valence-electron chi connectivity index (χ1n) is 5.64. The van der Waals surface area contributed by atoms with E-state index in [9.17, 15) is 13.5 Å². The predicted octanol–water partition coefficient (Wildman–Crippen LogP) is 1.07. The van der Waals surface area contributed by atoms with Crippen LogP contribution >= 0.6 is 11.6 Å². The Morgan fingerprint density at radius 1 is 1.44 bits per heavy atom.